The molecule has 1 aromatic carbocycles. The fourth-order valence-electron chi connectivity index (χ4n) is 4.68. The van der Waals surface area contributed by atoms with Crippen molar-refractivity contribution in [3.8, 4) is 5.69 Å². The first kappa shape index (κ1) is 22.0. The number of fused-ring (bicyclic) bond motifs is 1. The van der Waals surface area contributed by atoms with Gasteiger partial charge in [-0.2, -0.15) is 0 Å². The zero-order chi connectivity index (χ0) is 24.1. The Kier molecular flexibility index (Phi) is 5.29. The number of rotatable bonds is 3. The van der Waals surface area contributed by atoms with Crippen molar-refractivity contribution >= 4 is 34.5 Å². The van der Waals surface area contributed by atoms with Gasteiger partial charge in [-0.05, 0) is 13.3 Å². The number of halogens is 3. The number of aromatic nitrogens is 3. The molecule has 0 spiro atoms. The molecule has 12 heteroatoms. The number of piperazine rings is 1. The summed E-state index contributed by atoms with van der Waals surface area (Å²) in [5.41, 5.74) is 0.775. The Bertz CT molecular complexity index is 1290. The Hall–Kier alpha value is -3.83. The van der Waals surface area contributed by atoms with Gasteiger partial charge >= 0.3 is 6.09 Å². The minimum atomic E-state index is -1.57. The van der Waals surface area contributed by atoms with Gasteiger partial charge in [-0.25, -0.2) is 27.9 Å². The molecule has 9 nitrogen and oxygen atoms in total. The smallest absolute Gasteiger partial charge is 0.407 e. The Morgan fingerprint density at radius 1 is 1.12 bits per heavy atom. The fourth-order valence-corrected chi connectivity index (χ4v) is 4.68. The summed E-state index contributed by atoms with van der Waals surface area (Å²) in [6.45, 7) is 3.20. The number of nitrogens with zero attached hydrogens (tertiary/aromatic N) is 6. The third-order valence-corrected chi connectivity index (χ3v) is 6.32. The van der Waals surface area contributed by atoms with E-state index in [-0.39, 0.29) is 36.4 Å². The largest absolute Gasteiger partial charge is 0.465 e. The highest BCUT2D eigenvalue weighted by Gasteiger charge is 2.33. The van der Waals surface area contributed by atoms with E-state index in [0.29, 0.717) is 42.8 Å². The SMILES string of the molecule is CC1CN(C(=O)O)CCN1c1ncnc2c1c(N1CCCC1=O)cn2-c1cc(F)c(F)c(F)c1. The van der Waals surface area contributed by atoms with E-state index in [0.717, 1.165) is 12.1 Å². The van der Waals surface area contributed by atoms with E-state index in [4.69, 9.17) is 0 Å². The number of carbonyl (C=O) groups is 2. The average molecular weight is 474 g/mol. The van der Waals surface area contributed by atoms with E-state index in [1.807, 2.05) is 11.8 Å². The number of hydrogen-bond acceptors (Lipinski definition) is 5. The van der Waals surface area contributed by atoms with Gasteiger partial charge in [-0.1, -0.05) is 0 Å². The highest BCUT2D eigenvalue weighted by molar-refractivity contribution is 6.08. The molecular weight excluding hydrogens is 453 g/mol. The van der Waals surface area contributed by atoms with Crippen LogP contribution < -0.4 is 9.80 Å². The average Bonchev–Trinajstić information content (AvgIpc) is 3.40. The molecule has 2 aromatic heterocycles. The van der Waals surface area contributed by atoms with Gasteiger partial charge in [-0.15, -0.1) is 0 Å². The van der Waals surface area contributed by atoms with Gasteiger partial charge in [0.1, 0.15) is 12.1 Å². The number of anilines is 2. The van der Waals surface area contributed by atoms with E-state index in [1.165, 1.54) is 15.8 Å². The van der Waals surface area contributed by atoms with Crippen molar-refractivity contribution in [2.75, 3.05) is 36.0 Å². The third-order valence-electron chi connectivity index (χ3n) is 6.32. The molecule has 2 aliphatic rings. The van der Waals surface area contributed by atoms with Crippen LogP contribution in [0.15, 0.2) is 24.7 Å². The van der Waals surface area contributed by atoms with Crippen LogP contribution in [0.3, 0.4) is 0 Å². The maximum absolute atomic E-state index is 14.0. The van der Waals surface area contributed by atoms with Crippen LogP contribution in [0.2, 0.25) is 0 Å². The van der Waals surface area contributed by atoms with Gasteiger partial charge in [-0.3, -0.25) is 9.36 Å². The molecule has 3 aromatic rings. The normalized spacial score (nSPS) is 18.9. The molecule has 1 unspecified atom stereocenters. The number of carbonyl (C=O) groups excluding carboxylic acids is 1. The van der Waals surface area contributed by atoms with E-state index >= 15 is 0 Å². The first-order valence-corrected chi connectivity index (χ1v) is 10.8. The standard InChI is InChI=1S/C22H21F3N6O3/c1-12-9-28(22(33)34)5-6-29(12)20-18-16(30-4-2-3-17(30)32)10-31(21(18)27-11-26-20)13-7-14(23)19(25)15(24)8-13/h7-8,10-12H,2-6,9H2,1H3,(H,33,34). The minimum absolute atomic E-state index is 0.00712. The van der Waals surface area contributed by atoms with Crippen molar-refractivity contribution in [1.82, 2.24) is 19.4 Å². The van der Waals surface area contributed by atoms with Crippen LogP contribution in [0.5, 0.6) is 0 Å². The second-order valence-electron chi connectivity index (χ2n) is 8.42. The van der Waals surface area contributed by atoms with Gasteiger partial charge in [0.15, 0.2) is 23.1 Å². The van der Waals surface area contributed by atoms with Crippen molar-refractivity contribution in [1.29, 1.82) is 0 Å². The van der Waals surface area contributed by atoms with Gasteiger partial charge < -0.3 is 19.8 Å². The lowest BCUT2D eigenvalue weighted by molar-refractivity contribution is -0.117. The number of benzene rings is 1. The molecular formula is C22H21F3N6O3. The summed E-state index contributed by atoms with van der Waals surface area (Å²) in [5.74, 6) is -3.88. The van der Waals surface area contributed by atoms with Crippen LogP contribution in [0.25, 0.3) is 16.7 Å². The first-order valence-electron chi connectivity index (χ1n) is 10.8. The lowest BCUT2D eigenvalue weighted by Crippen LogP contribution is -2.53. The molecule has 0 saturated carbocycles. The van der Waals surface area contributed by atoms with Gasteiger partial charge in [0.25, 0.3) is 0 Å². The zero-order valence-corrected chi connectivity index (χ0v) is 18.2. The lowest BCUT2D eigenvalue weighted by atomic mass is 10.1. The Balaban J connectivity index is 1.70. The molecule has 178 valence electrons. The molecule has 0 aliphatic carbocycles. The number of carboxylic acid groups (broad SMARTS) is 1. The number of hydrogen-bond donors (Lipinski definition) is 1. The van der Waals surface area contributed by atoms with Crippen molar-refractivity contribution < 1.29 is 27.9 Å². The van der Waals surface area contributed by atoms with Gasteiger partial charge in [0, 0.05) is 57.0 Å². The second-order valence-corrected chi connectivity index (χ2v) is 8.42. The highest BCUT2D eigenvalue weighted by Crippen LogP contribution is 2.39. The van der Waals surface area contributed by atoms with Crippen molar-refractivity contribution in [3.05, 3.63) is 42.1 Å². The van der Waals surface area contributed by atoms with Crippen LogP contribution >= 0.6 is 0 Å². The zero-order valence-electron chi connectivity index (χ0n) is 18.2. The Morgan fingerprint density at radius 2 is 1.85 bits per heavy atom. The number of amides is 2. The predicted octanol–water partition coefficient (Wildman–Crippen LogP) is 3.15. The second kappa shape index (κ2) is 8.19. The molecule has 4 heterocycles. The van der Waals surface area contributed by atoms with E-state index in [2.05, 4.69) is 9.97 Å². The van der Waals surface area contributed by atoms with Crippen LogP contribution in [-0.2, 0) is 4.79 Å². The Labute approximate surface area is 192 Å². The maximum atomic E-state index is 14.0. The van der Waals surface area contributed by atoms with Crippen molar-refractivity contribution in [2.45, 2.75) is 25.8 Å². The molecule has 0 radical (unpaired) electrons. The Morgan fingerprint density at radius 3 is 2.47 bits per heavy atom. The first-order chi connectivity index (χ1) is 16.3. The topological polar surface area (TPSA) is 94.8 Å². The van der Waals surface area contributed by atoms with Gasteiger partial charge in [0.05, 0.1) is 16.8 Å². The summed E-state index contributed by atoms with van der Waals surface area (Å²) in [6, 6.07) is 1.50. The summed E-state index contributed by atoms with van der Waals surface area (Å²) in [6.07, 6.45) is 2.87. The third kappa shape index (κ3) is 3.49. The molecule has 2 fully saturated rings. The monoisotopic (exact) mass is 474 g/mol. The van der Waals surface area contributed by atoms with E-state index in [9.17, 15) is 27.9 Å². The summed E-state index contributed by atoms with van der Waals surface area (Å²) in [7, 11) is 0. The summed E-state index contributed by atoms with van der Waals surface area (Å²) < 4.78 is 43.1. The summed E-state index contributed by atoms with van der Waals surface area (Å²) in [4.78, 5) is 37.6. The predicted molar refractivity (Wildman–Crippen MR) is 117 cm³/mol. The molecule has 1 N–H and O–H groups in total. The molecule has 5 rings (SSSR count). The molecule has 0 bridgehead atoms. The van der Waals surface area contributed by atoms with Crippen LogP contribution in [0.1, 0.15) is 19.8 Å². The van der Waals surface area contributed by atoms with Crippen LogP contribution in [0, 0.1) is 17.5 Å². The fraction of sp³-hybridized carbons (Fsp3) is 0.364. The van der Waals surface area contributed by atoms with Crippen molar-refractivity contribution in [3.63, 3.8) is 0 Å². The summed E-state index contributed by atoms with van der Waals surface area (Å²) in [5, 5.41) is 9.84. The van der Waals surface area contributed by atoms with E-state index < -0.39 is 23.5 Å². The highest BCUT2D eigenvalue weighted by atomic mass is 19.2. The minimum Gasteiger partial charge on any atom is -0.465 e. The molecule has 34 heavy (non-hydrogen) atoms. The lowest BCUT2D eigenvalue weighted by Gasteiger charge is -2.39. The van der Waals surface area contributed by atoms with Crippen LogP contribution in [0.4, 0.5) is 29.5 Å². The maximum Gasteiger partial charge on any atom is 0.407 e. The molecule has 2 saturated heterocycles. The quantitative estimate of drug-likeness (QED) is 0.586. The molecule has 2 amide bonds. The van der Waals surface area contributed by atoms with Crippen molar-refractivity contribution in [2.24, 2.45) is 0 Å². The van der Waals surface area contributed by atoms with Gasteiger partial charge in [0.2, 0.25) is 5.91 Å². The van der Waals surface area contributed by atoms with Crippen LogP contribution in [-0.4, -0.2) is 68.8 Å². The summed E-state index contributed by atoms with van der Waals surface area (Å²) >= 11 is 0. The molecule has 2 aliphatic heterocycles. The van der Waals surface area contributed by atoms with E-state index in [1.54, 1.807) is 11.1 Å². The molecule has 1 atom stereocenters.